The van der Waals surface area contributed by atoms with Crippen LogP contribution in [0.4, 0.5) is 17.1 Å². The van der Waals surface area contributed by atoms with Gasteiger partial charge >= 0.3 is 0 Å². The molecule has 630 valence electrons. The van der Waals surface area contributed by atoms with Gasteiger partial charge in [-0.2, -0.15) is 0 Å². The van der Waals surface area contributed by atoms with Crippen molar-refractivity contribution >= 4 is 157 Å². The molecule has 1 unspecified atom stereocenters. The first-order chi connectivity index (χ1) is 66.0. The second-order valence-electron chi connectivity index (χ2n) is 36.9. The Bertz CT molecular complexity index is 9710. The molecule has 0 fully saturated rings. The van der Waals surface area contributed by atoms with Crippen molar-refractivity contribution in [1.29, 1.82) is 0 Å². The molecule has 0 bridgehead atoms. The van der Waals surface area contributed by atoms with E-state index in [9.17, 15) is 0 Å². The van der Waals surface area contributed by atoms with Gasteiger partial charge in [-0.25, -0.2) is 4.48 Å². The fourth-order valence-corrected chi connectivity index (χ4v) is 29.0. The molecule has 0 aliphatic carbocycles. The molecule has 0 amide bonds. The predicted octanol–water partition coefficient (Wildman–Crippen LogP) is 34.2. The number of hydrogen-bond donors (Lipinski definition) is 0. The van der Waals surface area contributed by atoms with Crippen LogP contribution in [0.25, 0.3) is 232 Å². The molecule has 0 saturated carbocycles. The average Bonchev–Trinajstić information content (AvgIpc) is 1.46. The van der Waals surface area contributed by atoms with E-state index in [1.54, 1.807) is 0 Å². The molecule has 26 aromatic rings. The monoisotopic (exact) mass is 1730 g/mol. The Morgan fingerprint density at radius 2 is 0.619 bits per heavy atom. The first-order valence-electron chi connectivity index (χ1n) is 46.3. The Balaban J connectivity index is 0.580. The number of aryl methyl sites for hydroxylation is 3. The van der Waals surface area contributed by atoms with Gasteiger partial charge in [0.05, 0.1) is 40.2 Å². The van der Waals surface area contributed by atoms with Gasteiger partial charge in [-0.1, -0.05) is 224 Å². The average molecular weight is 1740 g/mol. The summed E-state index contributed by atoms with van der Waals surface area (Å²) in [5, 5.41) is 13.7. The minimum absolute atomic E-state index is 0.480. The molecule has 6 aromatic heterocycles. The van der Waals surface area contributed by atoms with Crippen LogP contribution < -0.4 is 4.48 Å². The lowest BCUT2D eigenvalue weighted by molar-refractivity contribution is 0.641. The zero-order chi connectivity index (χ0) is 88.2. The molecule has 8 nitrogen and oxygen atoms in total. The van der Waals surface area contributed by atoms with E-state index in [1.807, 2.05) is 24.3 Å². The second-order valence-corrected chi connectivity index (χ2v) is 40.5. The van der Waals surface area contributed by atoms with E-state index in [0.29, 0.717) is 4.48 Å². The van der Waals surface area contributed by atoms with Crippen LogP contribution in [-0.2, 0) is 21.9 Å². The summed E-state index contributed by atoms with van der Waals surface area (Å²) in [5.41, 5.74) is 38.1. The number of nitrogens with zero attached hydrogens (tertiary/aromatic N) is 3. The van der Waals surface area contributed by atoms with Crippen LogP contribution in [0.3, 0.4) is 0 Å². The van der Waals surface area contributed by atoms with Gasteiger partial charge in [0, 0.05) is 129 Å². The lowest BCUT2D eigenvalue weighted by atomic mass is 9.90. The number of hydrogen-bond acceptors (Lipinski definition) is 5. The normalized spacial score (nSPS) is 14.8. The van der Waals surface area contributed by atoms with Crippen LogP contribution in [0.1, 0.15) is 23.1 Å². The highest BCUT2D eigenvalue weighted by molar-refractivity contribution is 8.21. The van der Waals surface area contributed by atoms with Gasteiger partial charge in [0.15, 0.2) is 11.4 Å². The molecule has 20 aromatic carbocycles. The van der Waals surface area contributed by atoms with Crippen LogP contribution in [0.2, 0.25) is 0 Å². The van der Waals surface area contributed by atoms with E-state index in [1.165, 1.54) is 77.3 Å². The molecule has 3 aliphatic heterocycles. The van der Waals surface area contributed by atoms with E-state index in [4.69, 9.17) is 17.7 Å². The van der Waals surface area contributed by atoms with Crippen molar-refractivity contribution in [2.75, 3.05) is 7.05 Å². The Kier molecular flexibility index (Phi) is 15.5. The van der Waals surface area contributed by atoms with E-state index >= 15 is 4.21 Å². The number of fused-ring (bicyclic) bond motifs is 34. The number of quaternary nitrogens is 1. The third-order valence-corrected chi connectivity index (χ3v) is 34.8. The third kappa shape index (κ3) is 10.3. The fraction of sp³-hybridized carbons (Fsp3) is 0.0400. The van der Waals surface area contributed by atoms with Crippen molar-refractivity contribution in [1.82, 2.24) is 13.6 Å². The van der Waals surface area contributed by atoms with Gasteiger partial charge in [0.2, 0.25) is 0 Å². The van der Waals surface area contributed by atoms with Gasteiger partial charge in [0.1, 0.15) is 50.4 Å². The zero-order valence-corrected chi connectivity index (χ0v) is 74.0. The maximum atomic E-state index is 19.5. The summed E-state index contributed by atoms with van der Waals surface area (Å²) in [4.78, 5) is 3.24. The van der Waals surface area contributed by atoms with Crippen LogP contribution in [0.5, 0.6) is 0 Å². The SMILES string of the molecule is Cc1ccc2oc3ccccc3c2c1-c1ccccc1CCCc1ccc(-c2ccc3c(c2)-c2cc(-c4ccc(-n5c6ccccc6c6c7c(ccc65)oc5ccccc57)cc4)ccc2S32(=O)c3ccc(-c4ccc(-n5c6ccccc6c6c7c(ccc65)oc5ccccc57)cc4)cc3-c3cc(-c4ccc([N+]5(C)c6ccccc6-c6c5ccc5oc7ccccc7c65)cc4)ccc32)cc1. The Morgan fingerprint density at radius 3 is 1.09 bits per heavy atom. The first-order valence-corrected chi connectivity index (χ1v) is 48.2. The largest absolute Gasteiger partial charge is 0.456 e. The summed E-state index contributed by atoms with van der Waals surface area (Å²) in [6.07, 6.45) is 2.81. The Morgan fingerprint density at radius 1 is 0.261 bits per heavy atom. The lowest BCUT2D eigenvalue weighted by Gasteiger charge is -2.39. The number of rotatable bonds is 12. The second kappa shape index (κ2) is 27.7. The molecule has 134 heavy (non-hydrogen) atoms. The molecular weight excluding hydrogens is 1660 g/mol. The van der Waals surface area contributed by atoms with E-state index in [0.717, 1.165) is 227 Å². The van der Waals surface area contributed by atoms with Crippen molar-refractivity contribution in [3.05, 3.63) is 429 Å². The third-order valence-electron chi connectivity index (χ3n) is 30.1. The topological polar surface area (TPSA) is 79.5 Å². The molecule has 29 rings (SSSR count). The quantitative estimate of drug-likeness (QED) is 0.114. The number of para-hydroxylation sites is 7. The number of aromatic nitrogens is 2. The van der Waals surface area contributed by atoms with E-state index in [2.05, 4.69) is 411 Å². The van der Waals surface area contributed by atoms with Crippen molar-refractivity contribution in [2.24, 2.45) is 0 Å². The molecule has 0 N–H and O–H groups in total. The summed E-state index contributed by atoms with van der Waals surface area (Å²) >= 11 is 0. The van der Waals surface area contributed by atoms with E-state index in [-0.39, 0.29) is 0 Å². The van der Waals surface area contributed by atoms with Gasteiger partial charge in [0.25, 0.3) is 0 Å². The Labute approximate surface area is 769 Å². The molecule has 1 spiro atoms. The van der Waals surface area contributed by atoms with Crippen molar-refractivity contribution < 1.29 is 21.9 Å². The molecule has 3 aliphatic rings. The predicted molar refractivity (Wildman–Crippen MR) is 552 cm³/mol. The first kappa shape index (κ1) is 75.2. The maximum Gasteiger partial charge on any atom is 0.151 e. The van der Waals surface area contributed by atoms with E-state index < -0.39 is 9.07 Å². The van der Waals surface area contributed by atoms with Crippen LogP contribution >= 0.6 is 0 Å². The Hall–Kier alpha value is -16.7. The van der Waals surface area contributed by atoms with Crippen molar-refractivity contribution in [2.45, 2.75) is 45.8 Å². The number of benzene rings is 20. The highest BCUT2D eigenvalue weighted by Gasteiger charge is 2.58. The molecule has 1 atom stereocenters. The fourth-order valence-electron chi connectivity index (χ4n) is 23.9. The summed E-state index contributed by atoms with van der Waals surface area (Å²) in [7, 11) is -2.25. The smallest absolute Gasteiger partial charge is 0.151 e. The van der Waals surface area contributed by atoms with Crippen LogP contribution in [0.15, 0.2) is 450 Å². The molecule has 9 heteroatoms. The maximum absolute atomic E-state index is 19.5. The lowest BCUT2D eigenvalue weighted by Crippen LogP contribution is -2.31. The summed E-state index contributed by atoms with van der Waals surface area (Å²) in [6.45, 7) is 2.22. The summed E-state index contributed by atoms with van der Waals surface area (Å²) < 4.78 is 50.8. The van der Waals surface area contributed by atoms with Crippen LogP contribution in [-0.4, -0.2) is 20.4 Å². The van der Waals surface area contributed by atoms with Gasteiger partial charge < -0.3 is 26.8 Å². The zero-order valence-electron chi connectivity index (χ0n) is 73.2. The van der Waals surface area contributed by atoms with Gasteiger partial charge in [-0.15, -0.1) is 0 Å². The highest BCUT2D eigenvalue weighted by Crippen LogP contribution is 2.72. The molecule has 0 radical (unpaired) electrons. The summed E-state index contributed by atoms with van der Waals surface area (Å²) in [5.74, 6) is 0. The highest BCUT2D eigenvalue weighted by atomic mass is 32.3. The summed E-state index contributed by atoms with van der Waals surface area (Å²) in [6, 6.07) is 150. The number of furan rings is 4. The standard InChI is InChI=1S/C125H80N3O5S/c1-74-38-62-110-122(92-27-8-15-34-106(92)130-110)118(74)88-23-4-3-21-80(88)22-19-20-75-39-41-76(42-40-75)81-49-66-114-96(70-81)97-71-82(77-43-53-85(54-44-77)126-100-31-12-5-24-89(100)119-102(126)59-63-111-123(119)93-28-9-16-35-107(93)131-111)50-67-115(97)134(114,129)116-68-51-83(78-45-55-86(56-46-78)127-101-32-13-6-25-90(101)120-103(127)60-64-112-124(120)94-29-10-17-36-108(94)132-112)72-98(116)99-73-84(52-69-117(99)134)79-47-57-87(58-48-79)128(2)104-33-14-7-26-91(104)121-105(128)61-65-113-125(121)95-30-11-18-37-109(95)133-113/h3-18,21,23-73H,19-20,22H2,1-2H3/q+1. The van der Waals surface area contributed by atoms with Crippen molar-refractivity contribution in [3.8, 4) is 100 Å². The minimum atomic E-state index is -4.57. The molecule has 9 heterocycles. The van der Waals surface area contributed by atoms with Gasteiger partial charge in [-0.05, 0) is 285 Å². The minimum Gasteiger partial charge on any atom is -0.456 e. The van der Waals surface area contributed by atoms with Gasteiger partial charge in [-0.3, -0.25) is 4.21 Å². The van der Waals surface area contributed by atoms with Crippen molar-refractivity contribution in [3.63, 3.8) is 0 Å². The molecule has 0 saturated heterocycles. The van der Waals surface area contributed by atoms with Crippen LogP contribution in [0, 0.1) is 6.92 Å². The molecular formula is C125H80N3O5S+.